The molecule has 0 fully saturated rings. The molecule has 0 aliphatic carbocycles. The van der Waals surface area contributed by atoms with Crippen molar-refractivity contribution in [3.63, 3.8) is 0 Å². The Kier molecular flexibility index (Phi) is 2.88. The molecule has 0 aliphatic rings. The number of rotatable bonds is 3. The highest BCUT2D eigenvalue weighted by atomic mass is 15.1. The van der Waals surface area contributed by atoms with Gasteiger partial charge in [-0.25, -0.2) is 9.97 Å². The third kappa shape index (κ3) is 2.49. The van der Waals surface area contributed by atoms with E-state index in [9.17, 15) is 0 Å². The Labute approximate surface area is 88.4 Å². The fraction of sp³-hybridized carbons (Fsp3) is 0.182. The van der Waals surface area contributed by atoms with Gasteiger partial charge in [-0.15, -0.1) is 0 Å². The molecule has 0 amide bonds. The minimum absolute atomic E-state index is 0.154. The van der Waals surface area contributed by atoms with Crippen molar-refractivity contribution in [2.24, 2.45) is 0 Å². The van der Waals surface area contributed by atoms with Gasteiger partial charge in [0.15, 0.2) is 0 Å². The summed E-state index contributed by atoms with van der Waals surface area (Å²) in [5, 5.41) is 3.20. The van der Waals surface area contributed by atoms with E-state index in [1.165, 1.54) is 0 Å². The van der Waals surface area contributed by atoms with Crippen molar-refractivity contribution in [3.05, 3.63) is 48.5 Å². The Bertz CT molecular complexity index is 401. The Morgan fingerprint density at radius 2 is 1.93 bits per heavy atom. The Morgan fingerprint density at radius 1 is 1.13 bits per heavy atom. The summed E-state index contributed by atoms with van der Waals surface area (Å²) < 4.78 is 0. The first-order chi connectivity index (χ1) is 7.36. The summed E-state index contributed by atoms with van der Waals surface area (Å²) in [7, 11) is 0. The third-order valence-corrected chi connectivity index (χ3v) is 2.10. The fourth-order valence-electron chi connectivity index (χ4n) is 1.28. The zero-order valence-corrected chi connectivity index (χ0v) is 8.46. The second-order valence-electron chi connectivity index (χ2n) is 3.22. The van der Waals surface area contributed by atoms with E-state index in [1.54, 1.807) is 24.7 Å². The van der Waals surface area contributed by atoms with Crippen LogP contribution in [0.2, 0.25) is 0 Å². The van der Waals surface area contributed by atoms with Gasteiger partial charge in [-0.3, -0.25) is 4.98 Å². The predicted molar refractivity (Wildman–Crippen MR) is 58.3 cm³/mol. The van der Waals surface area contributed by atoms with Crippen LogP contribution < -0.4 is 5.32 Å². The predicted octanol–water partition coefficient (Wildman–Crippen LogP) is 2.04. The van der Waals surface area contributed by atoms with Crippen LogP contribution in [-0.2, 0) is 0 Å². The molecule has 0 radical (unpaired) electrons. The molecule has 0 saturated carbocycles. The number of anilines is 1. The van der Waals surface area contributed by atoms with Crippen LogP contribution >= 0.6 is 0 Å². The lowest BCUT2D eigenvalue weighted by molar-refractivity contribution is 0.853. The average molecular weight is 200 g/mol. The first-order valence-corrected chi connectivity index (χ1v) is 4.80. The van der Waals surface area contributed by atoms with E-state index in [0.717, 1.165) is 5.56 Å². The normalized spacial score (nSPS) is 12.1. The van der Waals surface area contributed by atoms with Gasteiger partial charge in [0.2, 0.25) is 5.95 Å². The number of nitrogens with zero attached hydrogens (tertiary/aromatic N) is 3. The lowest BCUT2D eigenvalue weighted by Crippen LogP contribution is -2.09. The summed E-state index contributed by atoms with van der Waals surface area (Å²) in [6.45, 7) is 2.05. The van der Waals surface area contributed by atoms with Crippen LogP contribution in [0, 0.1) is 0 Å². The highest BCUT2D eigenvalue weighted by Crippen LogP contribution is 2.14. The Morgan fingerprint density at radius 3 is 2.60 bits per heavy atom. The number of aromatic nitrogens is 3. The maximum Gasteiger partial charge on any atom is 0.223 e. The lowest BCUT2D eigenvalue weighted by atomic mass is 10.1. The molecule has 2 aromatic rings. The highest BCUT2D eigenvalue weighted by molar-refractivity contribution is 5.29. The van der Waals surface area contributed by atoms with E-state index in [-0.39, 0.29) is 6.04 Å². The molecule has 2 aromatic heterocycles. The van der Waals surface area contributed by atoms with Crippen LogP contribution in [0.25, 0.3) is 0 Å². The maximum atomic E-state index is 4.10. The first-order valence-electron chi connectivity index (χ1n) is 4.80. The number of hydrogen-bond donors (Lipinski definition) is 1. The monoisotopic (exact) mass is 200 g/mol. The standard InChI is InChI=1S/C11H12N4/c1-9(10-4-2-5-12-8-10)15-11-13-6-3-7-14-11/h2-9H,1H3,(H,13,14,15). The van der Waals surface area contributed by atoms with Crippen LogP contribution in [0.4, 0.5) is 5.95 Å². The minimum atomic E-state index is 0.154. The first kappa shape index (κ1) is 9.58. The number of nitrogens with one attached hydrogen (secondary N) is 1. The highest BCUT2D eigenvalue weighted by Gasteiger charge is 2.05. The smallest absolute Gasteiger partial charge is 0.223 e. The zero-order chi connectivity index (χ0) is 10.5. The summed E-state index contributed by atoms with van der Waals surface area (Å²) in [5.74, 6) is 0.633. The molecule has 76 valence electrons. The zero-order valence-electron chi connectivity index (χ0n) is 8.46. The van der Waals surface area contributed by atoms with Gasteiger partial charge in [-0.05, 0) is 24.6 Å². The van der Waals surface area contributed by atoms with Gasteiger partial charge in [0.05, 0.1) is 6.04 Å². The molecule has 0 saturated heterocycles. The van der Waals surface area contributed by atoms with E-state index >= 15 is 0 Å². The SMILES string of the molecule is CC(Nc1ncccn1)c1cccnc1. The van der Waals surface area contributed by atoms with Gasteiger partial charge < -0.3 is 5.32 Å². The van der Waals surface area contributed by atoms with E-state index in [0.29, 0.717) is 5.95 Å². The molecule has 1 atom stereocenters. The maximum absolute atomic E-state index is 4.10. The van der Waals surface area contributed by atoms with Crippen LogP contribution in [-0.4, -0.2) is 15.0 Å². The molecule has 2 rings (SSSR count). The van der Waals surface area contributed by atoms with Crippen LogP contribution in [0.3, 0.4) is 0 Å². The Balaban J connectivity index is 2.08. The van der Waals surface area contributed by atoms with E-state index in [1.807, 2.05) is 25.3 Å². The van der Waals surface area contributed by atoms with Crippen molar-refractivity contribution in [2.75, 3.05) is 5.32 Å². The quantitative estimate of drug-likeness (QED) is 0.823. The second-order valence-corrected chi connectivity index (χ2v) is 3.22. The van der Waals surface area contributed by atoms with Gasteiger partial charge >= 0.3 is 0 Å². The number of pyridine rings is 1. The summed E-state index contributed by atoms with van der Waals surface area (Å²) in [5.41, 5.74) is 1.12. The van der Waals surface area contributed by atoms with E-state index < -0.39 is 0 Å². The molecule has 0 spiro atoms. The molecule has 0 bridgehead atoms. The Hall–Kier alpha value is -1.97. The summed E-state index contributed by atoms with van der Waals surface area (Å²) in [6, 6.07) is 5.88. The van der Waals surface area contributed by atoms with Crippen molar-refractivity contribution in [1.82, 2.24) is 15.0 Å². The summed E-state index contributed by atoms with van der Waals surface area (Å²) in [4.78, 5) is 12.3. The molecule has 0 aromatic carbocycles. The molecule has 0 aliphatic heterocycles. The van der Waals surface area contributed by atoms with Crippen molar-refractivity contribution < 1.29 is 0 Å². The molecular weight excluding hydrogens is 188 g/mol. The third-order valence-electron chi connectivity index (χ3n) is 2.10. The van der Waals surface area contributed by atoms with Gasteiger partial charge in [0.1, 0.15) is 0 Å². The average Bonchev–Trinajstić information content (AvgIpc) is 2.31. The topological polar surface area (TPSA) is 50.7 Å². The molecule has 4 heteroatoms. The van der Waals surface area contributed by atoms with Crippen molar-refractivity contribution in [3.8, 4) is 0 Å². The molecule has 15 heavy (non-hydrogen) atoms. The van der Waals surface area contributed by atoms with Crippen molar-refractivity contribution in [2.45, 2.75) is 13.0 Å². The van der Waals surface area contributed by atoms with Gasteiger partial charge in [-0.1, -0.05) is 6.07 Å². The number of hydrogen-bond acceptors (Lipinski definition) is 4. The second kappa shape index (κ2) is 4.50. The fourth-order valence-corrected chi connectivity index (χ4v) is 1.28. The molecule has 2 heterocycles. The van der Waals surface area contributed by atoms with Gasteiger partial charge in [-0.2, -0.15) is 0 Å². The van der Waals surface area contributed by atoms with Crippen LogP contribution in [0.5, 0.6) is 0 Å². The molecule has 1 unspecified atom stereocenters. The lowest BCUT2D eigenvalue weighted by Gasteiger charge is -2.12. The summed E-state index contributed by atoms with van der Waals surface area (Å²) in [6.07, 6.45) is 7.02. The van der Waals surface area contributed by atoms with Gasteiger partial charge in [0, 0.05) is 24.8 Å². The van der Waals surface area contributed by atoms with Crippen LogP contribution in [0.15, 0.2) is 43.0 Å². The van der Waals surface area contributed by atoms with Crippen molar-refractivity contribution in [1.29, 1.82) is 0 Å². The van der Waals surface area contributed by atoms with Gasteiger partial charge in [0.25, 0.3) is 0 Å². The molecular formula is C11H12N4. The van der Waals surface area contributed by atoms with E-state index in [2.05, 4.69) is 20.3 Å². The van der Waals surface area contributed by atoms with Crippen LogP contribution in [0.1, 0.15) is 18.5 Å². The minimum Gasteiger partial charge on any atom is -0.348 e. The molecule has 1 N–H and O–H groups in total. The molecule has 4 nitrogen and oxygen atoms in total. The largest absolute Gasteiger partial charge is 0.348 e. The summed E-state index contributed by atoms with van der Waals surface area (Å²) >= 11 is 0. The van der Waals surface area contributed by atoms with E-state index in [4.69, 9.17) is 0 Å². The van der Waals surface area contributed by atoms with Crippen molar-refractivity contribution >= 4 is 5.95 Å².